The molecular weight excluding hydrogens is 404 g/mol. The molecule has 174 valence electrons. The van der Waals surface area contributed by atoms with Crippen molar-refractivity contribution in [1.82, 2.24) is 20.0 Å². The number of nitrogens with one attached hydrogen (secondary N) is 1. The molecule has 2 amide bonds. The van der Waals surface area contributed by atoms with E-state index in [0.717, 1.165) is 24.5 Å². The zero-order chi connectivity index (χ0) is 23.0. The van der Waals surface area contributed by atoms with Crippen molar-refractivity contribution in [2.45, 2.75) is 38.6 Å². The summed E-state index contributed by atoms with van der Waals surface area (Å²) in [6.45, 7) is 9.49. The number of hydrogen-bond acceptors (Lipinski definition) is 5. The van der Waals surface area contributed by atoms with Crippen LogP contribution in [0.15, 0.2) is 41.5 Å². The minimum absolute atomic E-state index is 0.0432. The number of likely N-dealkylation sites (tertiary alicyclic amines) is 1. The lowest BCUT2D eigenvalue weighted by Gasteiger charge is -2.38. The molecule has 2 heterocycles. The molecule has 32 heavy (non-hydrogen) atoms. The van der Waals surface area contributed by atoms with E-state index in [1.54, 1.807) is 31.0 Å². The van der Waals surface area contributed by atoms with E-state index in [0.29, 0.717) is 32.6 Å². The molecule has 0 unspecified atom stereocenters. The maximum Gasteiger partial charge on any atom is 0.242 e. The monoisotopic (exact) mass is 440 g/mol. The van der Waals surface area contributed by atoms with E-state index in [-0.39, 0.29) is 5.91 Å². The van der Waals surface area contributed by atoms with Gasteiger partial charge in [0.25, 0.3) is 0 Å². The third-order valence-corrected chi connectivity index (χ3v) is 5.93. The van der Waals surface area contributed by atoms with Crippen molar-refractivity contribution in [2.75, 3.05) is 45.8 Å². The predicted octanol–water partition coefficient (Wildman–Crippen LogP) is 1.50. The van der Waals surface area contributed by atoms with E-state index in [1.165, 1.54) is 31.5 Å². The van der Waals surface area contributed by atoms with Crippen LogP contribution in [0.25, 0.3) is 0 Å². The highest BCUT2D eigenvalue weighted by molar-refractivity contribution is 5.95. The molecule has 0 aliphatic carbocycles. The summed E-state index contributed by atoms with van der Waals surface area (Å²) in [6.07, 6.45) is 7.68. The Kier molecular flexibility index (Phi) is 8.41. The summed E-state index contributed by atoms with van der Waals surface area (Å²) in [4.78, 5) is 34.4. The lowest BCUT2D eigenvalue weighted by atomic mass is 10.0. The highest BCUT2D eigenvalue weighted by atomic mass is 16.2. The first-order valence-electron chi connectivity index (χ1n) is 11.5. The second kappa shape index (κ2) is 11.2. The minimum atomic E-state index is -0.872. The summed E-state index contributed by atoms with van der Waals surface area (Å²) in [6, 6.07) is 8.35. The topological polar surface area (TPSA) is 94.3 Å². The van der Waals surface area contributed by atoms with Crippen molar-refractivity contribution >= 4 is 23.8 Å². The molecule has 0 spiro atoms. The number of carbonyl (C=O) groups is 2. The van der Waals surface area contributed by atoms with Gasteiger partial charge < -0.3 is 25.8 Å². The lowest BCUT2D eigenvalue weighted by Crippen LogP contribution is -2.57. The average Bonchev–Trinajstić information content (AvgIpc) is 3.31. The van der Waals surface area contributed by atoms with Crippen LogP contribution in [0.2, 0.25) is 0 Å². The van der Waals surface area contributed by atoms with E-state index in [1.807, 2.05) is 12.1 Å². The molecule has 3 N–H and O–H groups in total. The molecule has 0 bridgehead atoms. The maximum atomic E-state index is 12.5. The summed E-state index contributed by atoms with van der Waals surface area (Å²) in [7, 11) is 0. The summed E-state index contributed by atoms with van der Waals surface area (Å²) in [5, 5.41) is 2.55. The number of aliphatic imine (C=N–C) groups is 1. The number of hydrogen-bond donors (Lipinski definition) is 2. The Morgan fingerprint density at radius 1 is 1.06 bits per heavy atom. The number of benzene rings is 1. The van der Waals surface area contributed by atoms with E-state index < -0.39 is 5.54 Å². The number of carbonyl (C=O) groups excluding carboxylic acids is 2. The van der Waals surface area contributed by atoms with Gasteiger partial charge in [-0.05, 0) is 70.0 Å². The van der Waals surface area contributed by atoms with Gasteiger partial charge in [-0.1, -0.05) is 12.1 Å². The number of nitrogens with zero attached hydrogens (tertiary/aromatic N) is 4. The van der Waals surface area contributed by atoms with Crippen molar-refractivity contribution in [2.24, 2.45) is 10.7 Å². The number of amides is 2. The molecule has 2 aliphatic heterocycles. The second-order valence-corrected chi connectivity index (χ2v) is 9.05. The van der Waals surface area contributed by atoms with Gasteiger partial charge in [-0.15, -0.1) is 0 Å². The maximum absolute atomic E-state index is 12.5. The van der Waals surface area contributed by atoms with Crippen LogP contribution in [0.1, 0.15) is 32.3 Å². The number of nitrogens with two attached hydrogens (primary N) is 1. The van der Waals surface area contributed by atoms with Gasteiger partial charge in [0.2, 0.25) is 12.3 Å². The van der Waals surface area contributed by atoms with Crippen LogP contribution < -0.4 is 11.1 Å². The van der Waals surface area contributed by atoms with Crippen LogP contribution >= 0.6 is 0 Å². The van der Waals surface area contributed by atoms with E-state index in [2.05, 4.69) is 27.2 Å². The van der Waals surface area contributed by atoms with E-state index >= 15 is 0 Å². The van der Waals surface area contributed by atoms with E-state index in [4.69, 9.17) is 10.7 Å². The first-order chi connectivity index (χ1) is 15.4. The van der Waals surface area contributed by atoms with Crippen LogP contribution in [0, 0.1) is 0 Å². The predicted molar refractivity (Wildman–Crippen MR) is 128 cm³/mol. The van der Waals surface area contributed by atoms with Gasteiger partial charge in [0.15, 0.2) is 0 Å². The van der Waals surface area contributed by atoms with Gasteiger partial charge in [0.05, 0.1) is 11.2 Å². The summed E-state index contributed by atoms with van der Waals surface area (Å²) in [5.41, 5.74) is 7.28. The highest BCUT2D eigenvalue weighted by Gasteiger charge is 2.30. The van der Waals surface area contributed by atoms with Gasteiger partial charge in [0.1, 0.15) is 5.84 Å². The molecule has 8 nitrogen and oxygen atoms in total. The summed E-state index contributed by atoms with van der Waals surface area (Å²) >= 11 is 0. The minimum Gasteiger partial charge on any atom is -0.353 e. The first kappa shape index (κ1) is 23.9. The van der Waals surface area contributed by atoms with Crippen LogP contribution in [0.3, 0.4) is 0 Å². The van der Waals surface area contributed by atoms with E-state index in [9.17, 15) is 9.59 Å². The molecule has 3 rings (SSSR count). The molecule has 0 aromatic heterocycles. The van der Waals surface area contributed by atoms with Crippen LogP contribution in [0.4, 0.5) is 5.69 Å². The Bertz CT molecular complexity index is 814. The van der Waals surface area contributed by atoms with Crippen molar-refractivity contribution in [1.29, 1.82) is 0 Å². The highest BCUT2D eigenvalue weighted by Crippen LogP contribution is 2.17. The Labute approximate surface area is 191 Å². The largest absolute Gasteiger partial charge is 0.353 e. The Morgan fingerprint density at radius 3 is 2.28 bits per heavy atom. The molecular formula is C24H36N6O2. The van der Waals surface area contributed by atoms with Crippen molar-refractivity contribution in [3.63, 3.8) is 0 Å². The Hall–Kier alpha value is -2.71. The van der Waals surface area contributed by atoms with Gasteiger partial charge in [0, 0.05) is 38.9 Å². The van der Waals surface area contributed by atoms with Gasteiger partial charge in [-0.2, -0.15) is 0 Å². The first-order valence-corrected chi connectivity index (χ1v) is 11.5. The number of rotatable bonds is 8. The van der Waals surface area contributed by atoms with Crippen molar-refractivity contribution < 1.29 is 9.59 Å². The quantitative estimate of drug-likeness (QED) is 0.363. The molecule has 2 fully saturated rings. The van der Waals surface area contributed by atoms with Crippen LogP contribution in [-0.4, -0.2) is 84.2 Å². The fourth-order valence-corrected chi connectivity index (χ4v) is 4.08. The smallest absolute Gasteiger partial charge is 0.242 e. The fraction of sp³-hybridized carbons (Fsp3) is 0.542. The third-order valence-electron chi connectivity index (χ3n) is 5.93. The van der Waals surface area contributed by atoms with Gasteiger partial charge in [-0.3, -0.25) is 9.59 Å². The number of amidine groups is 1. The van der Waals surface area contributed by atoms with Crippen molar-refractivity contribution in [3.8, 4) is 0 Å². The Morgan fingerprint density at radius 2 is 1.69 bits per heavy atom. The molecule has 0 radical (unpaired) electrons. The van der Waals surface area contributed by atoms with Gasteiger partial charge >= 0.3 is 0 Å². The molecule has 8 heteroatoms. The Balaban J connectivity index is 1.64. The van der Waals surface area contributed by atoms with Crippen molar-refractivity contribution in [3.05, 3.63) is 42.1 Å². The average molecular weight is 441 g/mol. The summed E-state index contributed by atoms with van der Waals surface area (Å²) < 4.78 is 0. The van der Waals surface area contributed by atoms with Crippen LogP contribution in [-0.2, 0) is 16.0 Å². The SMILES string of the molecule is CC(C)(N)C(=O)N1CCN(C(/C=C\NC=O)=N/c2ccc(CCN3CCCC3)cc2)CC1. The second-order valence-electron chi connectivity index (χ2n) is 9.05. The van der Waals surface area contributed by atoms with Crippen LogP contribution in [0.5, 0.6) is 0 Å². The molecule has 1 aromatic rings. The lowest BCUT2D eigenvalue weighted by molar-refractivity contribution is -0.137. The number of piperazine rings is 1. The molecule has 0 atom stereocenters. The standard InChI is InChI=1S/C24H36N6O2/c1-24(2,25)23(32)30-17-15-29(16-18-30)22(9-11-26-19-31)27-21-7-5-20(6-8-21)10-14-28-12-3-4-13-28/h5-9,11,19H,3-4,10,12-18,25H2,1-2H3,(H,26,31)/b11-9-,27-22+. The van der Waals surface area contributed by atoms with Gasteiger partial charge in [-0.25, -0.2) is 4.99 Å². The normalized spacial score (nSPS) is 18.4. The molecule has 0 saturated carbocycles. The third kappa shape index (κ3) is 6.90. The zero-order valence-corrected chi connectivity index (χ0v) is 19.3. The molecule has 2 aliphatic rings. The zero-order valence-electron chi connectivity index (χ0n) is 19.3. The molecule has 2 saturated heterocycles. The molecule has 1 aromatic carbocycles. The fourth-order valence-electron chi connectivity index (χ4n) is 4.08. The summed E-state index contributed by atoms with van der Waals surface area (Å²) in [5.74, 6) is 0.710.